The second-order valence-corrected chi connectivity index (χ2v) is 4.98. The number of benzene rings is 1. The molecule has 0 spiro atoms. The van der Waals surface area contributed by atoms with E-state index in [1.807, 2.05) is 64.1 Å². The van der Waals surface area contributed by atoms with Gasteiger partial charge in [0.1, 0.15) is 5.60 Å². The van der Waals surface area contributed by atoms with Crippen LogP contribution in [-0.4, -0.2) is 11.6 Å². The maximum atomic E-state index is 11.9. The monoisotopic (exact) mass is 232 g/mol. The van der Waals surface area contributed by atoms with Gasteiger partial charge >= 0.3 is 5.97 Å². The number of hydrogen-bond donors (Lipinski definition) is 0. The highest BCUT2D eigenvalue weighted by Gasteiger charge is 2.19. The van der Waals surface area contributed by atoms with E-state index in [1.165, 1.54) is 0 Å². The van der Waals surface area contributed by atoms with Crippen molar-refractivity contribution in [1.29, 1.82) is 0 Å². The lowest BCUT2D eigenvalue weighted by Gasteiger charge is -2.20. The van der Waals surface area contributed by atoms with Gasteiger partial charge in [-0.1, -0.05) is 36.4 Å². The molecule has 17 heavy (non-hydrogen) atoms. The second kappa shape index (κ2) is 5.67. The molecule has 0 saturated carbocycles. The smallest absolute Gasteiger partial charge is 0.334 e. The molecule has 1 aromatic rings. The number of ether oxygens (including phenoxy) is 1. The summed E-state index contributed by atoms with van der Waals surface area (Å²) in [7, 11) is 0. The summed E-state index contributed by atoms with van der Waals surface area (Å²) in [5.41, 5.74) is 1.37. The Labute approximate surface area is 103 Å². The normalized spacial score (nSPS) is 12.4. The average molecular weight is 232 g/mol. The van der Waals surface area contributed by atoms with E-state index in [0.29, 0.717) is 12.0 Å². The van der Waals surface area contributed by atoms with Crippen molar-refractivity contribution in [2.45, 2.75) is 39.7 Å². The van der Waals surface area contributed by atoms with Crippen LogP contribution < -0.4 is 0 Å². The molecule has 0 radical (unpaired) electrons. The van der Waals surface area contributed by atoms with Gasteiger partial charge in [-0.3, -0.25) is 0 Å². The number of carbonyl (C=O) groups excluding carboxylic acids is 1. The lowest BCUT2D eigenvalue weighted by molar-refractivity contribution is -0.150. The third-order valence-corrected chi connectivity index (χ3v) is 2.25. The standard InChI is InChI=1S/C15H20O2/c1-5-13(14(16)17-15(2,3)4)11-12-9-7-6-8-10-12/h5-10H,11H2,1-4H3/b13-5+. The fourth-order valence-corrected chi connectivity index (χ4v) is 1.45. The van der Waals surface area contributed by atoms with Crippen LogP contribution >= 0.6 is 0 Å². The first-order valence-electron chi connectivity index (χ1n) is 5.85. The average Bonchev–Trinajstić information content (AvgIpc) is 2.24. The van der Waals surface area contributed by atoms with Gasteiger partial charge in [-0.2, -0.15) is 0 Å². The molecule has 1 aromatic carbocycles. The van der Waals surface area contributed by atoms with Crippen molar-refractivity contribution in [1.82, 2.24) is 0 Å². The largest absolute Gasteiger partial charge is 0.457 e. The van der Waals surface area contributed by atoms with Crippen LogP contribution in [0, 0.1) is 0 Å². The predicted octanol–water partition coefficient (Wildman–Crippen LogP) is 3.52. The van der Waals surface area contributed by atoms with Crippen LogP contribution in [0.25, 0.3) is 0 Å². The molecule has 0 saturated heterocycles. The Morgan fingerprint density at radius 1 is 1.24 bits per heavy atom. The number of carbonyl (C=O) groups is 1. The second-order valence-electron chi connectivity index (χ2n) is 4.98. The van der Waals surface area contributed by atoms with Gasteiger partial charge in [0, 0.05) is 12.0 Å². The summed E-state index contributed by atoms with van der Waals surface area (Å²) in [6, 6.07) is 9.92. The van der Waals surface area contributed by atoms with Crippen molar-refractivity contribution in [2.24, 2.45) is 0 Å². The molecule has 0 heterocycles. The minimum atomic E-state index is -0.442. The van der Waals surface area contributed by atoms with E-state index in [9.17, 15) is 4.79 Å². The summed E-state index contributed by atoms with van der Waals surface area (Å²) in [5.74, 6) is -0.233. The van der Waals surface area contributed by atoms with Crippen LogP contribution in [0.3, 0.4) is 0 Å². The third-order valence-electron chi connectivity index (χ3n) is 2.25. The van der Waals surface area contributed by atoms with Crippen molar-refractivity contribution >= 4 is 5.97 Å². The minimum Gasteiger partial charge on any atom is -0.457 e. The number of allylic oxidation sites excluding steroid dienone is 1. The zero-order chi connectivity index (χ0) is 12.9. The minimum absolute atomic E-state index is 0.233. The molecule has 0 N–H and O–H groups in total. The molecule has 0 aliphatic heterocycles. The Balaban J connectivity index is 2.71. The van der Waals surface area contributed by atoms with E-state index in [2.05, 4.69) is 0 Å². The predicted molar refractivity (Wildman–Crippen MR) is 69.7 cm³/mol. The molecule has 0 atom stereocenters. The van der Waals surface area contributed by atoms with Crippen LogP contribution in [0.1, 0.15) is 33.3 Å². The van der Waals surface area contributed by atoms with E-state index in [4.69, 9.17) is 4.74 Å². The molecule has 0 aliphatic rings. The van der Waals surface area contributed by atoms with Crippen molar-refractivity contribution in [3.63, 3.8) is 0 Å². The van der Waals surface area contributed by atoms with Crippen molar-refractivity contribution in [3.8, 4) is 0 Å². The summed E-state index contributed by atoms with van der Waals surface area (Å²) in [4.78, 5) is 11.9. The fourth-order valence-electron chi connectivity index (χ4n) is 1.45. The lowest BCUT2D eigenvalue weighted by atomic mass is 10.0. The van der Waals surface area contributed by atoms with Gasteiger partial charge in [0.15, 0.2) is 0 Å². The van der Waals surface area contributed by atoms with Crippen LogP contribution in [0.15, 0.2) is 42.0 Å². The SMILES string of the molecule is C/C=C(\Cc1ccccc1)C(=O)OC(C)(C)C. The fraction of sp³-hybridized carbons (Fsp3) is 0.400. The van der Waals surface area contributed by atoms with Gasteiger partial charge in [-0.05, 0) is 33.3 Å². The molecule has 0 aliphatic carbocycles. The molecule has 0 aromatic heterocycles. The molecule has 0 amide bonds. The topological polar surface area (TPSA) is 26.3 Å². The molecule has 0 fully saturated rings. The first-order valence-corrected chi connectivity index (χ1v) is 5.85. The maximum absolute atomic E-state index is 11.9. The highest BCUT2D eigenvalue weighted by Crippen LogP contribution is 2.14. The van der Waals surface area contributed by atoms with Crippen LogP contribution in [0.2, 0.25) is 0 Å². The Hall–Kier alpha value is -1.57. The van der Waals surface area contributed by atoms with Gasteiger partial charge < -0.3 is 4.74 Å². The van der Waals surface area contributed by atoms with E-state index >= 15 is 0 Å². The highest BCUT2D eigenvalue weighted by molar-refractivity contribution is 5.89. The molecule has 2 nitrogen and oxygen atoms in total. The van der Waals surface area contributed by atoms with Crippen molar-refractivity contribution in [3.05, 3.63) is 47.5 Å². The summed E-state index contributed by atoms with van der Waals surface area (Å²) >= 11 is 0. The van der Waals surface area contributed by atoms with Gasteiger partial charge in [0.2, 0.25) is 0 Å². The third kappa shape index (κ3) is 4.85. The van der Waals surface area contributed by atoms with E-state index in [-0.39, 0.29) is 5.97 Å². The lowest BCUT2D eigenvalue weighted by Crippen LogP contribution is -2.25. The Bertz CT molecular complexity index is 397. The quantitative estimate of drug-likeness (QED) is 0.589. The van der Waals surface area contributed by atoms with Crippen molar-refractivity contribution in [2.75, 3.05) is 0 Å². The van der Waals surface area contributed by atoms with Crippen LogP contribution in [-0.2, 0) is 16.0 Å². The summed E-state index contributed by atoms with van der Waals surface area (Å²) in [6.07, 6.45) is 2.44. The molecular formula is C15H20O2. The van der Waals surface area contributed by atoms with E-state index in [1.54, 1.807) is 0 Å². The Morgan fingerprint density at radius 2 is 1.82 bits per heavy atom. The number of esters is 1. The van der Waals surface area contributed by atoms with Gasteiger partial charge in [-0.15, -0.1) is 0 Å². The van der Waals surface area contributed by atoms with Crippen molar-refractivity contribution < 1.29 is 9.53 Å². The number of hydrogen-bond acceptors (Lipinski definition) is 2. The molecule has 2 heteroatoms. The van der Waals surface area contributed by atoms with Gasteiger partial charge in [0.05, 0.1) is 0 Å². The summed E-state index contributed by atoms with van der Waals surface area (Å²) < 4.78 is 5.36. The summed E-state index contributed by atoms with van der Waals surface area (Å²) in [5, 5.41) is 0. The van der Waals surface area contributed by atoms with E-state index < -0.39 is 5.60 Å². The van der Waals surface area contributed by atoms with Gasteiger partial charge in [-0.25, -0.2) is 4.79 Å². The molecule has 1 rings (SSSR count). The van der Waals surface area contributed by atoms with E-state index in [0.717, 1.165) is 5.56 Å². The molecule has 92 valence electrons. The first-order chi connectivity index (χ1) is 7.92. The Kier molecular flexibility index (Phi) is 4.50. The molecule has 0 bridgehead atoms. The Morgan fingerprint density at radius 3 is 2.29 bits per heavy atom. The zero-order valence-electron chi connectivity index (χ0n) is 11.0. The molecule has 0 unspecified atom stereocenters. The zero-order valence-corrected chi connectivity index (χ0v) is 11.0. The summed E-state index contributed by atoms with van der Waals surface area (Å²) in [6.45, 7) is 7.49. The highest BCUT2D eigenvalue weighted by atomic mass is 16.6. The van der Waals surface area contributed by atoms with Crippen LogP contribution in [0.5, 0.6) is 0 Å². The van der Waals surface area contributed by atoms with Crippen LogP contribution in [0.4, 0.5) is 0 Å². The van der Waals surface area contributed by atoms with Gasteiger partial charge in [0.25, 0.3) is 0 Å². The molecular weight excluding hydrogens is 212 g/mol. The number of rotatable bonds is 3. The first kappa shape index (κ1) is 13.5. The maximum Gasteiger partial charge on any atom is 0.334 e.